The molecule has 2 nitrogen and oxygen atoms in total. The molecule has 0 fully saturated rings. The van der Waals surface area contributed by atoms with Crippen molar-refractivity contribution in [2.45, 2.75) is 56.7 Å². The number of aromatic nitrogens is 1. The van der Waals surface area contributed by atoms with Crippen molar-refractivity contribution in [2.75, 3.05) is 5.32 Å². The van der Waals surface area contributed by atoms with Gasteiger partial charge in [0.25, 0.3) is 0 Å². The van der Waals surface area contributed by atoms with E-state index >= 15 is 0 Å². The SMILES string of the molecule is CC(C)(C)Nc1ccc(SC(C)(C)C)cn1. The van der Waals surface area contributed by atoms with E-state index in [4.69, 9.17) is 0 Å². The summed E-state index contributed by atoms with van der Waals surface area (Å²) < 4.78 is 0.237. The van der Waals surface area contributed by atoms with Crippen molar-refractivity contribution in [2.24, 2.45) is 0 Å². The fourth-order valence-corrected chi connectivity index (χ4v) is 2.20. The predicted octanol–water partition coefficient (Wildman–Crippen LogP) is 4.18. The van der Waals surface area contributed by atoms with E-state index in [2.05, 4.69) is 57.9 Å². The van der Waals surface area contributed by atoms with Gasteiger partial charge in [0, 0.05) is 21.4 Å². The van der Waals surface area contributed by atoms with Gasteiger partial charge in [-0.1, -0.05) is 20.8 Å². The van der Waals surface area contributed by atoms with Crippen molar-refractivity contribution in [1.29, 1.82) is 0 Å². The highest BCUT2D eigenvalue weighted by molar-refractivity contribution is 8.00. The Morgan fingerprint density at radius 3 is 2.06 bits per heavy atom. The molecule has 3 heteroatoms. The Labute approximate surface area is 103 Å². The number of pyridine rings is 1. The third-order valence-corrected chi connectivity index (χ3v) is 2.75. The smallest absolute Gasteiger partial charge is 0.126 e. The van der Waals surface area contributed by atoms with E-state index in [1.54, 1.807) is 0 Å². The van der Waals surface area contributed by atoms with E-state index in [1.807, 2.05) is 24.0 Å². The van der Waals surface area contributed by atoms with Crippen molar-refractivity contribution in [3.63, 3.8) is 0 Å². The van der Waals surface area contributed by atoms with Crippen LogP contribution in [-0.2, 0) is 0 Å². The van der Waals surface area contributed by atoms with Gasteiger partial charge < -0.3 is 5.32 Å². The molecule has 1 rings (SSSR count). The number of hydrogen-bond acceptors (Lipinski definition) is 3. The number of nitrogens with zero attached hydrogens (tertiary/aromatic N) is 1. The maximum absolute atomic E-state index is 4.42. The van der Waals surface area contributed by atoms with Gasteiger partial charge in [-0.15, -0.1) is 11.8 Å². The summed E-state index contributed by atoms with van der Waals surface area (Å²) in [6.45, 7) is 13.0. The van der Waals surface area contributed by atoms with Crippen LogP contribution < -0.4 is 5.32 Å². The first-order chi connectivity index (χ1) is 7.16. The Balaban J connectivity index is 2.69. The van der Waals surface area contributed by atoms with Gasteiger partial charge in [0.2, 0.25) is 0 Å². The molecular weight excluding hydrogens is 216 g/mol. The van der Waals surface area contributed by atoms with Crippen molar-refractivity contribution in [3.05, 3.63) is 18.3 Å². The summed E-state index contributed by atoms with van der Waals surface area (Å²) in [7, 11) is 0. The van der Waals surface area contributed by atoms with E-state index in [1.165, 1.54) is 4.90 Å². The molecule has 16 heavy (non-hydrogen) atoms. The van der Waals surface area contributed by atoms with Crippen LogP contribution in [0.5, 0.6) is 0 Å². The summed E-state index contributed by atoms with van der Waals surface area (Å²) in [5, 5.41) is 3.35. The highest BCUT2D eigenvalue weighted by atomic mass is 32.2. The van der Waals surface area contributed by atoms with Crippen molar-refractivity contribution >= 4 is 17.6 Å². The molecule has 0 spiro atoms. The first-order valence-electron chi connectivity index (χ1n) is 5.59. The minimum Gasteiger partial charge on any atom is -0.365 e. The molecule has 0 saturated heterocycles. The third kappa shape index (κ3) is 5.40. The van der Waals surface area contributed by atoms with Crippen LogP contribution in [0.15, 0.2) is 23.2 Å². The second kappa shape index (κ2) is 4.66. The van der Waals surface area contributed by atoms with Gasteiger partial charge in [-0.25, -0.2) is 4.98 Å². The fraction of sp³-hybridized carbons (Fsp3) is 0.615. The van der Waals surface area contributed by atoms with E-state index in [0.29, 0.717) is 0 Å². The second-order valence-corrected chi connectivity index (χ2v) is 7.87. The van der Waals surface area contributed by atoms with Crippen LogP contribution in [0.2, 0.25) is 0 Å². The zero-order chi connectivity index (χ0) is 12.4. The summed E-state index contributed by atoms with van der Waals surface area (Å²) in [5.74, 6) is 0.936. The molecule has 0 amide bonds. The van der Waals surface area contributed by atoms with Gasteiger partial charge in [-0.3, -0.25) is 0 Å². The molecule has 0 atom stereocenters. The van der Waals surface area contributed by atoms with E-state index < -0.39 is 0 Å². The number of nitrogens with one attached hydrogen (secondary N) is 1. The Morgan fingerprint density at radius 2 is 1.69 bits per heavy atom. The third-order valence-electron chi connectivity index (χ3n) is 1.66. The lowest BCUT2D eigenvalue weighted by molar-refractivity contribution is 0.630. The molecule has 1 aromatic heterocycles. The van der Waals surface area contributed by atoms with E-state index in [9.17, 15) is 0 Å². The monoisotopic (exact) mass is 238 g/mol. The average Bonchev–Trinajstić information content (AvgIpc) is 2.03. The molecule has 0 unspecified atom stereocenters. The zero-order valence-corrected chi connectivity index (χ0v) is 11.9. The number of anilines is 1. The van der Waals surface area contributed by atoms with Crippen molar-refractivity contribution < 1.29 is 0 Å². The molecule has 0 radical (unpaired) electrons. The van der Waals surface area contributed by atoms with Gasteiger partial charge in [0.05, 0.1) is 0 Å². The quantitative estimate of drug-likeness (QED) is 0.782. The first kappa shape index (κ1) is 13.4. The lowest BCUT2D eigenvalue weighted by atomic mass is 10.1. The molecule has 90 valence electrons. The van der Waals surface area contributed by atoms with Crippen LogP contribution in [0.1, 0.15) is 41.5 Å². The van der Waals surface area contributed by atoms with Crippen molar-refractivity contribution in [1.82, 2.24) is 4.98 Å². The normalized spacial score (nSPS) is 12.6. The predicted molar refractivity (Wildman–Crippen MR) is 73.2 cm³/mol. The molecule has 0 aromatic carbocycles. The summed E-state index contributed by atoms with van der Waals surface area (Å²) in [4.78, 5) is 5.63. The van der Waals surface area contributed by atoms with Crippen LogP contribution in [0, 0.1) is 0 Å². The number of rotatable bonds is 2. The van der Waals surface area contributed by atoms with Gasteiger partial charge in [0.15, 0.2) is 0 Å². The van der Waals surface area contributed by atoms with Gasteiger partial charge in [-0.2, -0.15) is 0 Å². The Kier molecular flexibility index (Phi) is 3.89. The molecule has 1 heterocycles. The van der Waals surface area contributed by atoms with Gasteiger partial charge in [-0.05, 0) is 32.9 Å². The Morgan fingerprint density at radius 1 is 1.06 bits per heavy atom. The molecule has 0 aliphatic heterocycles. The van der Waals surface area contributed by atoms with Crippen LogP contribution in [0.4, 0.5) is 5.82 Å². The van der Waals surface area contributed by atoms with Crippen LogP contribution >= 0.6 is 11.8 Å². The summed E-state index contributed by atoms with van der Waals surface area (Å²) in [6, 6.07) is 4.16. The van der Waals surface area contributed by atoms with Crippen LogP contribution in [0.25, 0.3) is 0 Å². The second-order valence-electron chi connectivity index (χ2n) is 5.97. The van der Waals surface area contributed by atoms with Crippen LogP contribution in [0.3, 0.4) is 0 Å². The minimum absolute atomic E-state index is 0.0612. The van der Waals surface area contributed by atoms with E-state index in [0.717, 1.165) is 5.82 Å². The summed E-state index contributed by atoms with van der Waals surface area (Å²) in [6.07, 6.45) is 1.93. The number of hydrogen-bond donors (Lipinski definition) is 1. The Hall–Kier alpha value is -0.700. The standard InChI is InChI=1S/C13H22N2S/c1-12(2,3)15-11-8-7-10(9-14-11)16-13(4,5)6/h7-9H,1-6H3,(H,14,15). The minimum atomic E-state index is 0.0612. The summed E-state index contributed by atoms with van der Waals surface area (Å²) in [5.41, 5.74) is 0.0612. The highest BCUT2D eigenvalue weighted by Crippen LogP contribution is 2.31. The largest absolute Gasteiger partial charge is 0.365 e. The molecular formula is C13H22N2S. The highest BCUT2D eigenvalue weighted by Gasteiger charge is 2.13. The molecule has 1 N–H and O–H groups in total. The topological polar surface area (TPSA) is 24.9 Å². The molecule has 0 aliphatic carbocycles. The van der Waals surface area contributed by atoms with Gasteiger partial charge >= 0.3 is 0 Å². The lowest BCUT2D eigenvalue weighted by Gasteiger charge is -2.22. The first-order valence-corrected chi connectivity index (χ1v) is 6.41. The summed E-state index contributed by atoms with van der Waals surface area (Å²) >= 11 is 1.84. The fourth-order valence-electron chi connectivity index (χ4n) is 1.25. The molecule has 0 aliphatic rings. The maximum Gasteiger partial charge on any atom is 0.126 e. The number of thioether (sulfide) groups is 1. The average molecular weight is 238 g/mol. The van der Waals surface area contributed by atoms with E-state index in [-0.39, 0.29) is 10.3 Å². The maximum atomic E-state index is 4.42. The Bertz CT molecular complexity index is 295. The molecule has 0 saturated carbocycles. The lowest BCUT2D eigenvalue weighted by Crippen LogP contribution is -2.26. The molecule has 0 bridgehead atoms. The molecule has 1 aromatic rings. The zero-order valence-electron chi connectivity index (χ0n) is 11.1. The van der Waals surface area contributed by atoms with Crippen molar-refractivity contribution in [3.8, 4) is 0 Å². The van der Waals surface area contributed by atoms with Gasteiger partial charge in [0.1, 0.15) is 5.82 Å². The van der Waals surface area contributed by atoms with Crippen LogP contribution in [-0.4, -0.2) is 15.3 Å².